The molecule has 0 aromatic carbocycles. The van der Waals surface area contributed by atoms with Crippen LogP contribution in [0, 0.1) is 11.8 Å². The molecule has 22 heavy (non-hydrogen) atoms. The van der Waals surface area contributed by atoms with E-state index in [1.54, 1.807) is 0 Å². The number of esters is 1. The number of rotatable bonds is 13. The highest BCUT2D eigenvalue weighted by atomic mass is 16.6. The van der Waals surface area contributed by atoms with Crippen molar-refractivity contribution in [2.45, 2.75) is 89.6 Å². The first kappa shape index (κ1) is 19.0. The maximum atomic E-state index is 10.9. The minimum atomic E-state index is -0.0770. The average Bonchev–Trinajstić information content (AvgIpc) is 3.35. The second-order valence-corrected chi connectivity index (χ2v) is 6.11. The third-order valence-electron chi connectivity index (χ3n) is 4.01. The van der Waals surface area contributed by atoms with Gasteiger partial charge in [-0.3, -0.25) is 4.79 Å². The predicted molar refractivity (Wildman–Crippen MR) is 89.6 cm³/mol. The Kier molecular flexibility index (Phi) is 11.8. The molecule has 0 aromatic rings. The van der Waals surface area contributed by atoms with Crippen molar-refractivity contribution in [2.75, 3.05) is 13.7 Å². The van der Waals surface area contributed by atoms with Crippen LogP contribution in [0.25, 0.3) is 0 Å². The number of hydrogen-bond acceptors (Lipinski definition) is 3. The molecule has 1 heterocycles. The van der Waals surface area contributed by atoms with E-state index in [1.165, 1.54) is 64.9 Å². The Balaban J connectivity index is 1.67. The van der Waals surface area contributed by atoms with E-state index in [-0.39, 0.29) is 12.1 Å². The molecule has 1 rings (SSSR count). The highest BCUT2D eigenvalue weighted by Crippen LogP contribution is 2.12. The van der Waals surface area contributed by atoms with E-state index in [1.807, 2.05) is 0 Å². The van der Waals surface area contributed by atoms with Gasteiger partial charge in [-0.25, -0.2) is 0 Å². The monoisotopic (exact) mass is 308 g/mol. The van der Waals surface area contributed by atoms with Gasteiger partial charge in [-0.15, -0.1) is 5.92 Å². The Hall–Kier alpha value is -1.01. The summed E-state index contributed by atoms with van der Waals surface area (Å²) in [5.41, 5.74) is 0. The van der Waals surface area contributed by atoms with E-state index in [0.717, 1.165) is 25.9 Å². The van der Waals surface area contributed by atoms with Gasteiger partial charge in [0, 0.05) is 12.8 Å². The van der Waals surface area contributed by atoms with E-state index in [9.17, 15) is 4.79 Å². The Labute approximate surface area is 136 Å². The van der Waals surface area contributed by atoms with Crippen molar-refractivity contribution < 1.29 is 14.3 Å². The highest BCUT2D eigenvalue weighted by molar-refractivity contribution is 5.68. The van der Waals surface area contributed by atoms with Crippen LogP contribution in [0.15, 0.2) is 0 Å². The Morgan fingerprint density at radius 2 is 1.45 bits per heavy atom. The van der Waals surface area contributed by atoms with Crippen LogP contribution in [0.2, 0.25) is 0 Å². The van der Waals surface area contributed by atoms with Crippen LogP contribution in [-0.2, 0) is 14.3 Å². The number of unbranched alkanes of at least 4 members (excludes halogenated alkanes) is 11. The fourth-order valence-electron chi connectivity index (χ4n) is 2.49. The lowest BCUT2D eigenvalue weighted by Crippen LogP contribution is -1.99. The molecule has 0 amide bonds. The zero-order valence-electron chi connectivity index (χ0n) is 14.2. The van der Waals surface area contributed by atoms with Crippen molar-refractivity contribution in [3.8, 4) is 11.8 Å². The number of carbonyl (C=O) groups is 1. The van der Waals surface area contributed by atoms with Crippen LogP contribution in [0.4, 0.5) is 0 Å². The lowest BCUT2D eigenvalue weighted by molar-refractivity contribution is -0.140. The number of ether oxygens (including phenoxy) is 2. The zero-order valence-corrected chi connectivity index (χ0v) is 14.2. The van der Waals surface area contributed by atoms with Crippen molar-refractivity contribution >= 4 is 5.97 Å². The molecule has 1 atom stereocenters. The molecule has 1 unspecified atom stereocenters. The molecule has 0 saturated carbocycles. The van der Waals surface area contributed by atoms with Gasteiger partial charge in [-0.2, -0.15) is 0 Å². The molecule has 0 bridgehead atoms. The van der Waals surface area contributed by atoms with Gasteiger partial charge in [0.15, 0.2) is 0 Å². The number of methoxy groups -OCH3 is 1. The minimum Gasteiger partial charge on any atom is -0.469 e. The van der Waals surface area contributed by atoms with Gasteiger partial charge < -0.3 is 9.47 Å². The van der Waals surface area contributed by atoms with Crippen molar-refractivity contribution in [3.63, 3.8) is 0 Å². The largest absolute Gasteiger partial charge is 0.469 e. The van der Waals surface area contributed by atoms with Crippen LogP contribution in [0.1, 0.15) is 83.5 Å². The fraction of sp³-hybridized carbons (Fsp3) is 0.842. The summed E-state index contributed by atoms with van der Waals surface area (Å²) in [6.07, 6.45) is 15.9. The zero-order chi connectivity index (χ0) is 15.9. The average molecular weight is 308 g/mol. The summed E-state index contributed by atoms with van der Waals surface area (Å²) < 4.78 is 9.67. The summed E-state index contributed by atoms with van der Waals surface area (Å²) >= 11 is 0. The van der Waals surface area contributed by atoms with Crippen molar-refractivity contribution in [1.82, 2.24) is 0 Å². The van der Waals surface area contributed by atoms with E-state index in [4.69, 9.17) is 4.74 Å². The van der Waals surface area contributed by atoms with Gasteiger partial charge in [-0.1, -0.05) is 63.7 Å². The lowest BCUT2D eigenvalue weighted by atomic mass is 10.0. The molecule has 0 aliphatic carbocycles. The summed E-state index contributed by atoms with van der Waals surface area (Å²) in [5, 5.41) is 0. The van der Waals surface area contributed by atoms with Gasteiger partial charge in [0.2, 0.25) is 0 Å². The Morgan fingerprint density at radius 1 is 0.955 bits per heavy atom. The van der Waals surface area contributed by atoms with E-state index < -0.39 is 0 Å². The second-order valence-electron chi connectivity index (χ2n) is 6.11. The molecule has 126 valence electrons. The number of epoxide rings is 1. The number of hydrogen-bond donors (Lipinski definition) is 0. The van der Waals surface area contributed by atoms with Crippen molar-refractivity contribution in [2.24, 2.45) is 0 Å². The normalized spacial score (nSPS) is 16.0. The molecule has 1 aliphatic rings. The summed E-state index contributed by atoms with van der Waals surface area (Å²) in [5.74, 6) is 6.22. The van der Waals surface area contributed by atoms with E-state index in [0.29, 0.717) is 6.42 Å². The van der Waals surface area contributed by atoms with Crippen LogP contribution in [0.5, 0.6) is 0 Å². The van der Waals surface area contributed by atoms with Gasteiger partial charge >= 0.3 is 5.97 Å². The summed E-state index contributed by atoms with van der Waals surface area (Å²) in [6.45, 7) is 0.846. The van der Waals surface area contributed by atoms with Crippen LogP contribution in [-0.4, -0.2) is 25.8 Å². The Morgan fingerprint density at radius 3 is 1.95 bits per heavy atom. The molecule has 1 fully saturated rings. The minimum absolute atomic E-state index is 0.0770. The molecule has 0 radical (unpaired) electrons. The SMILES string of the molecule is COC(=O)CCCCCCCCCCCCCC#CC1CO1. The van der Waals surface area contributed by atoms with Gasteiger partial charge in [-0.05, 0) is 12.8 Å². The summed E-state index contributed by atoms with van der Waals surface area (Å²) in [7, 11) is 1.46. The molecule has 3 nitrogen and oxygen atoms in total. The third-order valence-corrected chi connectivity index (χ3v) is 4.01. The quantitative estimate of drug-likeness (QED) is 0.215. The molecular formula is C19H32O3. The first-order valence-electron chi connectivity index (χ1n) is 8.99. The van der Waals surface area contributed by atoms with Gasteiger partial charge in [0.05, 0.1) is 13.7 Å². The highest BCUT2D eigenvalue weighted by Gasteiger charge is 2.18. The predicted octanol–water partition coefficient (Wildman–Crippen LogP) is 4.63. The number of carbonyl (C=O) groups excluding carboxylic acids is 1. The molecule has 0 N–H and O–H groups in total. The molecule has 0 aromatic heterocycles. The Bertz CT molecular complexity index is 336. The smallest absolute Gasteiger partial charge is 0.305 e. The lowest BCUT2D eigenvalue weighted by Gasteiger charge is -2.02. The summed E-state index contributed by atoms with van der Waals surface area (Å²) in [6, 6.07) is 0. The van der Waals surface area contributed by atoms with Crippen LogP contribution >= 0.6 is 0 Å². The molecule has 1 aliphatic heterocycles. The third kappa shape index (κ3) is 12.7. The topological polar surface area (TPSA) is 38.8 Å². The standard InChI is InChI=1S/C19H32O3/c1-21-19(20)16-14-12-10-8-6-4-2-3-5-7-9-11-13-15-18-17-22-18/h18H,2-12,14,16-17H2,1H3. The molecule has 0 spiro atoms. The fourth-order valence-corrected chi connectivity index (χ4v) is 2.49. The second kappa shape index (κ2) is 13.6. The van der Waals surface area contributed by atoms with Gasteiger partial charge in [0.25, 0.3) is 0 Å². The van der Waals surface area contributed by atoms with Crippen LogP contribution in [0.3, 0.4) is 0 Å². The summed E-state index contributed by atoms with van der Waals surface area (Å²) in [4.78, 5) is 10.9. The maximum absolute atomic E-state index is 10.9. The van der Waals surface area contributed by atoms with Crippen molar-refractivity contribution in [3.05, 3.63) is 0 Å². The molecule has 3 heteroatoms. The maximum Gasteiger partial charge on any atom is 0.305 e. The van der Waals surface area contributed by atoms with Crippen LogP contribution < -0.4 is 0 Å². The first-order valence-corrected chi connectivity index (χ1v) is 8.99. The van der Waals surface area contributed by atoms with Crippen molar-refractivity contribution in [1.29, 1.82) is 0 Å². The van der Waals surface area contributed by atoms with E-state index >= 15 is 0 Å². The first-order chi connectivity index (χ1) is 10.8. The van der Waals surface area contributed by atoms with E-state index in [2.05, 4.69) is 16.6 Å². The molecule has 1 saturated heterocycles. The molecular weight excluding hydrogens is 276 g/mol. The van der Waals surface area contributed by atoms with Gasteiger partial charge in [0.1, 0.15) is 6.10 Å².